The number of carbonyl (C=O) groups excluding carboxylic acids is 1. The van der Waals surface area contributed by atoms with E-state index in [4.69, 9.17) is 24.4 Å². The Bertz CT molecular complexity index is 1300. The number of fused-ring (bicyclic) bond motifs is 3. The summed E-state index contributed by atoms with van der Waals surface area (Å²) in [6.07, 6.45) is 17.2. The fraction of sp³-hybridized carbons (Fsp3) is 0.743. The molecule has 0 radical (unpaired) electrons. The zero-order valence-corrected chi connectivity index (χ0v) is 30.6. The molecule has 4 N–H and O–H groups in total. The minimum atomic E-state index is -4.83. The molecule has 4 atom stereocenters. The number of aromatic nitrogens is 3. The van der Waals surface area contributed by atoms with E-state index < -0.39 is 37.9 Å². The first kappa shape index (κ1) is 41.2. The lowest BCUT2D eigenvalue weighted by atomic mass is 9.86. The molecule has 1 aliphatic rings. The van der Waals surface area contributed by atoms with E-state index in [-0.39, 0.29) is 32.2 Å². The average molecular weight is 712 g/mol. The third kappa shape index (κ3) is 14.1. The van der Waals surface area contributed by atoms with Gasteiger partial charge in [-0.2, -0.15) is 5.10 Å². The second kappa shape index (κ2) is 21.9. The minimum absolute atomic E-state index is 0.000347. The number of nitrogens with two attached hydrogens (primary N) is 1. The van der Waals surface area contributed by atoms with Gasteiger partial charge in [0, 0.05) is 18.5 Å². The van der Waals surface area contributed by atoms with Crippen LogP contribution in [0.3, 0.4) is 0 Å². The summed E-state index contributed by atoms with van der Waals surface area (Å²) in [7, 11) is -4.83. The molecule has 2 heterocycles. The van der Waals surface area contributed by atoms with E-state index in [0.29, 0.717) is 23.4 Å². The van der Waals surface area contributed by atoms with Gasteiger partial charge >= 0.3 is 13.8 Å². The normalized spacial score (nSPS) is 18.0. The molecule has 1 aromatic heterocycles. The highest BCUT2D eigenvalue weighted by molar-refractivity contribution is 7.47. The van der Waals surface area contributed by atoms with Crippen LogP contribution in [0.4, 0.5) is 4.39 Å². The number of nitrogens with zero attached hydrogens (tertiary/aromatic N) is 3. The number of phosphoric acid groups is 1. The lowest BCUT2D eigenvalue weighted by molar-refractivity contribution is -0.156. The van der Waals surface area contributed by atoms with Crippen LogP contribution in [0.2, 0.25) is 0 Å². The Labute approximate surface area is 291 Å². The number of phosphoric ester groups is 1. The van der Waals surface area contributed by atoms with Crippen LogP contribution in [0.1, 0.15) is 129 Å². The standard InChI is InChI=1S/C35H59FN5O7P/c1-4-6-8-10-12-14-16-18-28(3)45-23-30(47-33(42)19-17-15-13-11-9-7-5-2)24-46-49(43,44)48-35(25-39-37)26-41-34(38-27-40-41)31-22-29(36)20-21-32(31)35/h20-22,27-28,30,39H,4-19,23-26,37H2,1-3H3,(H,43,44). The lowest BCUT2D eigenvalue weighted by Gasteiger charge is -2.38. The molecule has 0 fully saturated rings. The van der Waals surface area contributed by atoms with Crippen molar-refractivity contribution in [3.8, 4) is 11.4 Å². The first-order chi connectivity index (χ1) is 23.6. The summed E-state index contributed by atoms with van der Waals surface area (Å²) < 4.78 is 52.4. The molecule has 0 saturated carbocycles. The number of benzene rings is 1. The number of halogens is 1. The second-order valence-electron chi connectivity index (χ2n) is 13.2. The van der Waals surface area contributed by atoms with Crippen molar-refractivity contribution in [3.05, 3.63) is 35.9 Å². The summed E-state index contributed by atoms with van der Waals surface area (Å²) in [6, 6.07) is 3.96. The van der Waals surface area contributed by atoms with Crippen LogP contribution in [0.5, 0.6) is 0 Å². The number of ether oxygens (including phenoxy) is 2. The van der Waals surface area contributed by atoms with Gasteiger partial charge in [0.05, 0.1) is 25.9 Å². The smallest absolute Gasteiger partial charge is 0.457 e. The number of hydrogen-bond donors (Lipinski definition) is 3. The van der Waals surface area contributed by atoms with Crippen molar-refractivity contribution in [1.82, 2.24) is 20.2 Å². The number of unbranched alkanes of at least 4 members (excludes halogenated alkanes) is 12. The SMILES string of the molecule is CCCCCCCCCC(=O)OC(COC(C)CCCCCCCCC)COP(=O)(O)OC1(CNN)Cn2ncnc2-c2cc(F)ccc21. The second-order valence-corrected chi connectivity index (χ2v) is 14.6. The molecule has 0 bridgehead atoms. The Morgan fingerprint density at radius 3 is 2.37 bits per heavy atom. The molecule has 49 heavy (non-hydrogen) atoms. The number of hydrogen-bond acceptors (Lipinski definition) is 10. The van der Waals surface area contributed by atoms with Crippen LogP contribution < -0.4 is 11.3 Å². The minimum Gasteiger partial charge on any atom is -0.457 e. The average Bonchev–Trinajstić information content (AvgIpc) is 3.53. The maximum absolute atomic E-state index is 14.3. The monoisotopic (exact) mass is 711 g/mol. The van der Waals surface area contributed by atoms with Crippen LogP contribution >= 0.6 is 7.82 Å². The maximum atomic E-state index is 14.3. The summed E-state index contributed by atoms with van der Waals surface area (Å²) in [5.74, 6) is 5.16. The molecular formula is C35H59FN5O7P. The van der Waals surface area contributed by atoms with Crippen LogP contribution in [0, 0.1) is 5.82 Å². The van der Waals surface area contributed by atoms with E-state index in [2.05, 4.69) is 29.4 Å². The molecule has 1 aliphatic heterocycles. The number of carbonyl (C=O) groups is 1. The largest absolute Gasteiger partial charge is 0.473 e. The fourth-order valence-electron chi connectivity index (χ4n) is 6.20. The molecular weight excluding hydrogens is 652 g/mol. The van der Waals surface area contributed by atoms with Gasteiger partial charge in [-0.1, -0.05) is 103 Å². The van der Waals surface area contributed by atoms with Crippen LogP contribution in [-0.2, 0) is 40.0 Å². The van der Waals surface area contributed by atoms with Gasteiger partial charge in [0.25, 0.3) is 0 Å². The Hall–Kier alpha value is -2.25. The van der Waals surface area contributed by atoms with E-state index in [1.165, 1.54) is 80.6 Å². The van der Waals surface area contributed by atoms with Crippen LogP contribution in [0.15, 0.2) is 24.5 Å². The van der Waals surface area contributed by atoms with Crippen molar-refractivity contribution < 1.29 is 37.2 Å². The predicted octanol–water partition coefficient (Wildman–Crippen LogP) is 7.49. The molecule has 278 valence electrons. The summed E-state index contributed by atoms with van der Waals surface area (Å²) in [4.78, 5) is 28.1. The molecule has 1 aromatic carbocycles. The highest BCUT2D eigenvalue weighted by Gasteiger charge is 2.47. The Kier molecular flexibility index (Phi) is 18.4. The van der Waals surface area contributed by atoms with Crippen molar-refractivity contribution in [1.29, 1.82) is 0 Å². The van der Waals surface area contributed by atoms with Crippen molar-refractivity contribution in [2.75, 3.05) is 19.8 Å². The molecule has 0 aliphatic carbocycles. The lowest BCUT2D eigenvalue weighted by Crippen LogP contribution is -2.48. The first-order valence-corrected chi connectivity index (χ1v) is 19.7. The third-order valence-electron chi connectivity index (χ3n) is 8.90. The predicted molar refractivity (Wildman–Crippen MR) is 187 cm³/mol. The van der Waals surface area contributed by atoms with Crippen molar-refractivity contribution in [2.24, 2.45) is 5.84 Å². The Morgan fingerprint density at radius 2 is 1.69 bits per heavy atom. The molecule has 2 aromatic rings. The summed E-state index contributed by atoms with van der Waals surface area (Å²) in [5, 5.41) is 4.18. The molecule has 0 saturated heterocycles. The van der Waals surface area contributed by atoms with Gasteiger partial charge < -0.3 is 14.4 Å². The molecule has 12 nitrogen and oxygen atoms in total. The van der Waals surface area contributed by atoms with Gasteiger partial charge in [0.1, 0.15) is 23.8 Å². The van der Waals surface area contributed by atoms with E-state index in [1.54, 1.807) is 0 Å². The summed E-state index contributed by atoms with van der Waals surface area (Å²) in [5.41, 5.74) is 1.70. The Morgan fingerprint density at radius 1 is 1.04 bits per heavy atom. The zero-order chi connectivity index (χ0) is 35.5. The van der Waals surface area contributed by atoms with Crippen molar-refractivity contribution in [2.45, 2.75) is 148 Å². The fourth-order valence-corrected chi connectivity index (χ4v) is 7.27. The number of esters is 1. The maximum Gasteiger partial charge on any atom is 0.473 e. The molecule has 14 heteroatoms. The third-order valence-corrected chi connectivity index (χ3v) is 9.95. The topological polar surface area (TPSA) is 160 Å². The van der Waals surface area contributed by atoms with Gasteiger partial charge in [-0.05, 0) is 37.5 Å². The Balaban J connectivity index is 1.62. The molecule has 4 unspecified atom stereocenters. The van der Waals surface area contributed by atoms with Gasteiger partial charge in [0.2, 0.25) is 0 Å². The highest BCUT2D eigenvalue weighted by atomic mass is 31.2. The van der Waals surface area contributed by atoms with Gasteiger partial charge in [-0.15, -0.1) is 0 Å². The summed E-state index contributed by atoms with van der Waals surface area (Å²) in [6.45, 7) is 5.75. The van der Waals surface area contributed by atoms with Gasteiger partial charge in [-0.3, -0.25) is 25.1 Å². The van der Waals surface area contributed by atoms with Crippen molar-refractivity contribution in [3.63, 3.8) is 0 Å². The summed E-state index contributed by atoms with van der Waals surface area (Å²) >= 11 is 0. The van der Waals surface area contributed by atoms with E-state index >= 15 is 0 Å². The van der Waals surface area contributed by atoms with Crippen LogP contribution in [0.25, 0.3) is 11.4 Å². The first-order valence-electron chi connectivity index (χ1n) is 18.2. The van der Waals surface area contributed by atoms with Gasteiger partial charge in [0.15, 0.2) is 5.82 Å². The highest BCUT2D eigenvalue weighted by Crippen LogP contribution is 2.53. The molecule has 0 spiro atoms. The quantitative estimate of drug-likeness (QED) is 0.0277. The van der Waals surface area contributed by atoms with Crippen LogP contribution in [-0.4, -0.2) is 57.6 Å². The molecule has 3 rings (SSSR count). The van der Waals surface area contributed by atoms with Gasteiger partial charge in [-0.25, -0.2) is 18.6 Å². The zero-order valence-electron chi connectivity index (χ0n) is 29.7. The van der Waals surface area contributed by atoms with E-state index in [9.17, 15) is 18.6 Å². The number of nitrogens with one attached hydrogen (secondary N) is 1. The van der Waals surface area contributed by atoms with E-state index in [1.807, 2.05) is 6.92 Å². The molecule has 0 amide bonds. The van der Waals surface area contributed by atoms with Crippen molar-refractivity contribution >= 4 is 13.8 Å². The number of hydrazine groups is 1. The van der Waals surface area contributed by atoms with E-state index in [0.717, 1.165) is 38.5 Å². The number of rotatable bonds is 27.